The maximum absolute atomic E-state index is 9.04. The van der Waals surface area contributed by atoms with Gasteiger partial charge in [-0.3, -0.25) is 0 Å². The lowest BCUT2D eigenvalue weighted by Crippen LogP contribution is -2.00. The standard InChI is InChI=1S/2CH3NOS.2CH3NS2/c4*2-1(3)4/h4*(H3,2,3,4)/p-4. The van der Waals surface area contributed by atoms with Crippen LogP contribution in [0.15, 0.2) is 0 Å². The van der Waals surface area contributed by atoms with Crippen molar-refractivity contribution in [3.63, 3.8) is 0 Å². The fraction of sp³-hybridized carbons (Fsp3) is 0. The minimum absolute atomic E-state index is 0.0833. The van der Waals surface area contributed by atoms with Crippen molar-refractivity contribution >= 4 is 94.1 Å². The van der Waals surface area contributed by atoms with Gasteiger partial charge < -0.3 is 107 Å². The number of hydrogen-bond donors (Lipinski definition) is 4. The van der Waals surface area contributed by atoms with E-state index < -0.39 is 10.5 Å². The van der Waals surface area contributed by atoms with Gasteiger partial charge in [0.05, 0.1) is 10.5 Å². The first-order valence-electron chi connectivity index (χ1n) is 2.79. The van der Waals surface area contributed by atoms with E-state index in [-0.39, 0.29) is 8.64 Å². The quantitative estimate of drug-likeness (QED) is 0.314. The number of carbonyl (C=O) groups is 2. The van der Waals surface area contributed by atoms with Crippen molar-refractivity contribution in [1.82, 2.24) is 0 Å². The van der Waals surface area contributed by atoms with Gasteiger partial charge >= 0.3 is 0 Å². The largest absolute Gasteiger partial charge is 0.719 e. The molecule has 0 unspecified atom stereocenters. The van der Waals surface area contributed by atoms with Gasteiger partial charge in [-0.1, -0.05) is 8.64 Å². The molecular weight excluding hydrogens is 328 g/mol. The molecule has 0 radical (unpaired) electrons. The van der Waals surface area contributed by atoms with Gasteiger partial charge in [0.25, 0.3) is 0 Å². The first-order valence-corrected chi connectivity index (χ1v) is 5.24. The van der Waals surface area contributed by atoms with Crippen LogP contribution in [0, 0.1) is 0 Å². The second-order valence-electron chi connectivity index (χ2n) is 1.28. The molecule has 0 saturated carbocycles. The van der Waals surface area contributed by atoms with Crippen LogP contribution in [0.25, 0.3) is 0 Å². The van der Waals surface area contributed by atoms with Gasteiger partial charge in [-0.15, -0.1) is 0 Å². The Morgan fingerprint density at radius 2 is 0.688 bits per heavy atom. The normalized spacial score (nSPS) is 6.00. The number of rotatable bonds is 0. The highest BCUT2D eigenvalue weighted by atomic mass is 32.1. The number of thiocarbonyl (C=S) groups is 2. The molecule has 8 N–H and O–H groups in total. The zero-order chi connectivity index (χ0) is 14.3. The van der Waals surface area contributed by atoms with Crippen LogP contribution >= 0.6 is 24.4 Å². The fourth-order valence-electron chi connectivity index (χ4n) is 0. The Morgan fingerprint density at radius 1 is 0.688 bits per heavy atom. The molecule has 0 aromatic rings. The molecule has 0 bridgehead atoms. The molecule has 16 heavy (non-hydrogen) atoms. The summed E-state index contributed by atoms with van der Waals surface area (Å²) in [6, 6.07) is 0. The van der Waals surface area contributed by atoms with Crippen molar-refractivity contribution in [2.24, 2.45) is 22.9 Å². The Labute approximate surface area is 126 Å². The highest BCUT2D eigenvalue weighted by Gasteiger charge is 1.42. The molecule has 0 heterocycles. The van der Waals surface area contributed by atoms with Gasteiger partial charge in [-0.25, -0.2) is 0 Å². The summed E-state index contributed by atoms with van der Waals surface area (Å²) in [5, 5.41) is -1.50. The van der Waals surface area contributed by atoms with Crippen LogP contribution in [0.2, 0.25) is 0 Å². The maximum atomic E-state index is 9.04. The SMILES string of the molecule is NC(=O)[S-].NC(=O)[S-].NC(=S)[S-].NC(=S)[S-]. The third-order valence-corrected chi connectivity index (χ3v) is 0. The topological polar surface area (TPSA) is 138 Å². The predicted octanol–water partition coefficient (Wildman–Crippen LogP) is -1.22. The van der Waals surface area contributed by atoms with E-state index in [0.717, 1.165) is 0 Å². The molecule has 0 fully saturated rings. The molecule has 6 nitrogen and oxygen atoms in total. The zero-order valence-corrected chi connectivity index (χ0v) is 12.5. The Morgan fingerprint density at radius 3 is 0.688 bits per heavy atom. The second-order valence-corrected chi connectivity index (χ2v) is 4.36. The summed E-state index contributed by atoms with van der Waals surface area (Å²) >= 11 is 24.0. The summed E-state index contributed by atoms with van der Waals surface area (Å²) < 4.78 is 0.167. The molecule has 0 aliphatic heterocycles. The third-order valence-electron chi connectivity index (χ3n) is 0. The molecule has 2 amide bonds. The van der Waals surface area contributed by atoms with Crippen LogP contribution in [0.3, 0.4) is 0 Å². The smallest absolute Gasteiger partial charge is 0.0954 e. The number of carbonyl (C=O) groups excluding carboxylic acids is 2. The van der Waals surface area contributed by atoms with Crippen molar-refractivity contribution in [2.75, 3.05) is 0 Å². The van der Waals surface area contributed by atoms with Crippen molar-refractivity contribution in [3.05, 3.63) is 0 Å². The van der Waals surface area contributed by atoms with Crippen LogP contribution in [-0.4, -0.2) is 19.1 Å². The molecule has 0 atom stereocenters. The van der Waals surface area contributed by atoms with E-state index >= 15 is 0 Å². The summed E-state index contributed by atoms with van der Waals surface area (Å²) in [5.74, 6) is 0. The molecule has 0 spiro atoms. The fourth-order valence-corrected chi connectivity index (χ4v) is 0. The molecule has 0 saturated heterocycles. The van der Waals surface area contributed by atoms with E-state index in [1.54, 1.807) is 0 Å². The Hall–Kier alpha value is -0.400. The molecule has 0 aromatic carbocycles. The second kappa shape index (κ2) is 20.1. The summed E-state index contributed by atoms with van der Waals surface area (Å²) in [7, 11) is 0. The average Bonchev–Trinajstić information content (AvgIpc) is 1.76. The van der Waals surface area contributed by atoms with Gasteiger partial charge in [0.15, 0.2) is 0 Å². The first kappa shape index (κ1) is 24.7. The van der Waals surface area contributed by atoms with Crippen LogP contribution < -0.4 is 22.9 Å². The van der Waals surface area contributed by atoms with E-state index in [2.05, 4.69) is 97.9 Å². The van der Waals surface area contributed by atoms with E-state index in [0.29, 0.717) is 0 Å². The molecule has 96 valence electrons. The summed E-state index contributed by atoms with van der Waals surface area (Å²) in [6.45, 7) is 0. The summed E-state index contributed by atoms with van der Waals surface area (Å²) in [6.07, 6.45) is 0. The van der Waals surface area contributed by atoms with E-state index in [1.165, 1.54) is 0 Å². The Bertz CT molecular complexity index is 171. The summed E-state index contributed by atoms with van der Waals surface area (Å²) in [5.41, 5.74) is 17.9. The lowest BCUT2D eigenvalue weighted by atomic mass is 11.5. The maximum Gasteiger partial charge on any atom is 0.0954 e. The monoisotopic (exact) mass is 336 g/mol. The molecule has 0 aliphatic carbocycles. The number of primary amides is 2. The molecular formula is C4H8N4O2S6-4. The van der Waals surface area contributed by atoms with Crippen LogP contribution in [-0.2, 0) is 50.5 Å². The highest BCUT2D eigenvalue weighted by molar-refractivity contribution is 8.00. The summed E-state index contributed by atoms with van der Waals surface area (Å²) in [4.78, 5) is 18.1. The van der Waals surface area contributed by atoms with Crippen molar-refractivity contribution < 1.29 is 9.59 Å². The number of nitrogens with two attached hydrogens (primary N) is 4. The van der Waals surface area contributed by atoms with Gasteiger partial charge in [0.2, 0.25) is 0 Å². The predicted molar refractivity (Wildman–Crippen MR) is 82.2 cm³/mol. The Balaban J connectivity index is -0.0000000600. The minimum Gasteiger partial charge on any atom is -0.719 e. The average molecular weight is 337 g/mol. The molecule has 12 heteroatoms. The number of amides is 2. The van der Waals surface area contributed by atoms with E-state index in [9.17, 15) is 0 Å². The van der Waals surface area contributed by atoms with E-state index in [1.807, 2.05) is 0 Å². The Kier molecular flexibility index (Phi) is 31.0. The minimum atomic E-state index is -0.750. The third kappa shape index (κ3) is 13500. The van der Waals surface area contributed by atoms with Crippen LogP contribution in [0.5, 0.6) is 0 Å². The van der Waals surface area contributed by atoms with Gasteiger partial charge in [-0.05, 0) is 0 Å². The molecule has 0 aromatic heterocycles. The van der Waals surface area contributed by atoms with Crippen LogP contribution in [0.4, 0.5) is 9.59 Å². The molecule has 0 rings (SSSR count). The van der Waals surface area contributed by atoms with Crippen molar-refractivity contribution in [2.45, 2.75) is 0 Å². The first-order chi connectivity index (χ1) is 6.93. The number of hydrogen-bond acceptors (Lipinski definition) is 8. The van der Waals surface area contributed by atoms with Gasteiger partial charge in [-0.2, -0.15) is 0 Å². The lowest BCUT2D eigenvalue weighted by Gasteiger charge is -1.83. The highest BCUT2D eigenvalue weighted by Crippen LogP contribution is 1.45. The molecule has 0 aliphatic rings. The van der Waals surface area contributed by atoms with Crippen molar-refractivity contribution in [1.29, 1.82) is 0 Å². The van der Waals surface area contributed by atoms with Crippen molar-refractivity contribution in [3.8, 4) is 0 Å². The van der Waals surface area contributed by atoms with Gasteiger partial charge in [0.1, 0.15) is 0 Å². The van der Waals surface area contributed by atoms with E-state index in [4.69, 9.17) is 9.59 Å². The van der Waals surface area contributed by atoms with Gasteiger partial charge in [0, 0.05) is 0 Å². The zero-order valence-electron chi connectivity index (χ0n) is 7.58. The van der Waals surface area contributed by atoms with Crippen LogP contribution in [0.1, 0.15) is 0 Å². The lowest BCUT2D eigenvalue weighted by molar-refractivity contribution is 0.266.